The van der Waals surface area contributed by atoms with E-state index in [0.29, 0.717) is 68.2 Å². The van der Waals surface area contributed by atoms with Crippen molar-refractivity contribution < 1.29 is 74.2 Å². The Morgan fingerprint density at radius 1 is 0.611 bits per heavy atom. The molecule has 113 heavy (non-hydrogen) atoms. The zero-order valence-corrected chi connectivity index (χ0v) is 60.2. The predicted octanol–water partition coefficient (Wildman–Crippen LogP) is 9.11. The molecule has 592 valence electrons. The standard InChI is InChI=1S/C33H38FN7O5.C22H20F3N7O3.C19H17F3N8O.CH4/c1-21(42)33(43)41-10-8-29(26(34)18-41)46-28-6-3-22(15-23(28)17-35)32-36-9-7-31(38-32)37-24-4-5-27(30(16-24)44-2)40-13-11-39(12-14-40)25-19-45-20-25;23-16-11-31(20(34)12-33)6-4-18(16)35-17-2-1-13(7-14(17)8-26)21-27-5-3-19(30-21)29-15-9-28-32(10-15)22(24)25;20-14-8-24-4-3-16(14)31-15-2-1-11(5-12(15)6-23)17-25-10-26-19(29-17)28-13-7-27-30(9-13)18(21)22;/h3-7,9,15-16,21,25-26,29,42H,8,10-14,18-20H2,1-2H3,(H,36,37,38);1-3,5,7,9-10,16,18,22,33H,4,6,11-12H2,(H,27,29,30);1-2,5,7,9-10,14,16,18,24H,3-4,8H2,(H,25,26,28,29);1H4/t21-,26+,29-;16-,18+;14-,16+;/m011./s1. The normalized spacial score (nSPS) is 19.2. The molecule has 4 aromatic carbocycles. The third-order valence-corrected chi connectivity index (χ3v) is 18.6. The number of rotatable bonds is 22. The Morgan fingerprint density at radius 3 is 1.58 bits per heavy atom. The summed E-state index contributed by atoms with van der Waals surface area (Å²) in [5, 5.41) is 66.4. The number of piperidine rings is 3. The van der Waals surface area contributed by atoms with Gasteiger partial charge in [-0.3, -0.25) is 14.5 Å². The molecule has 6 N–H and O–H groups in total. The lowest BCUT2D eigenvalue weighted by molar-refractivity contribution is -0.143. The van der Waals surface area contributed by atoms with Crippen LogP contribution in [0, 0.1) is 34.0 Å². The minimum atomic E-state index is -2.76. The van der Waals surface area contributed by atoms with Gasteiger partial charge >= 0.3 is 13.1 Å². The van der Waals surface area contributed by atoms with Crippen molar-refractivity contribution in [3.05, 3.63) is 145 Å². The van der Waals surface area contributed by atoms with E-state index in [9.17, 15) is 61.2 Å². The van der Waals surface area contributed by atoms with Gasteiger partial charge in [-0.1, -0.05) is 7.43 Å². The van der Waals surface area contributed by atoms with Crippen LogP contribution in [0.2, 0.25) is 0 Å². The number of carbonyl (C=O) groups is 2. The summed E-state index contributed by atoms with van der Waals surface area (Å²) in [6, 6.07) is 30.4. The minimum Gasteiger partial charge on any atom is -0.495 e. The summed E-state index contributed by atoms with van der Waals surface area (Å²) in [6.45, 7) is 1.58. The van der Waals surface area contributed by atoms with E-state index >= 15 is 0 Å². The van der Waals surface area contributed by atoms with Crippen molar-refractivity contribution in [2.45, 2.75) is 95.7 Å². The van der Waals surface area contributed by atoms with Gasteiger partial charge in [0.05, 0.1) is 98.0 Å². The number of aliphatic hydroxyl groups excluding tert-OH is 2. The highest BCUT2D eigenvalue weighted by molar-refractivity contribution is 5.80. The Kier molecular flexibility index (Phi) is 27.4. The van der Waals surface area contributed by atoms with E-state index in [1.807, 2.05) is 24.3 Å². The van der Waals surface area contributed by atoms with Crippen LogP contribution in [-0.4, -0.2) is 233 Å². The van der Waals surface area contributed by atoms with Gasteiger partial charge in [-0.2, -0.15) is 48.5 Å². The number of nitrogens with zero attached hydrogens (tertiary/aromatic N) is 18. The second-order valence-corrected chi connectivity index (χ2v) is 26.1. The molecule has 5 aliphatic heterocycles. The molecule has 10 heterocycles. The summed E-state index contributed by atoms with van der Waals surface area (Å²) < 4.78 is 124. The van der Waals surface area contributed by atoms with Crippen molar-refractivity contribution in [3.63, 3.8) is 0 Å². The molecular formula is C75H79F7N22O9. The highest BCUT2D eigenvalue weighted by atomic mass is 19.3. The van der Waals surface area contributed by atoms with Crippen molar-refractivity contribution in [1.29, 1.82) is 15.8 Å². The van der Waals surface area contributed by atoms with E-state index < -0.39 is 74.5 Å². The molecule has 5 saturated heterocycles. The van der Waals surface area contributed by atoms with Crippen molar-refractivity contribution in [2.75, 3.05) is 113 Å². The lowest BCUT2D eigenvalue weighted by Gasteiger charge is -2.43. The van der Waals surface area contributed by atoms with Crippen LogP contribution in [0.5, 0.6) is 23.0 Å². The molecule has 38 heteroatoms. The molecule has 9 aromatic rings. The Balaban J connectivity index is 0.000000170. The first-order valence-electron chi connectivity index (χ1n) is 35.4. The second kappa shape index (κ2) is 38.0. The summed E-state index contributed by atoms with van der Waals surface area (Å²) in [6.07, 6.45) is 2.41. The molecule has 14 rings (SSSR count). The van der Waals surface area contributed by atoms with Crippen LogP contribution in [-0.2, 0) is 14.3 Å². The zero-order chi connectivity index (χ0) is 79.0. The molecular weight excluding hydrogens is 1490 g/mol. The number of likely N-dealkylation sites (tertiary alicyclic amines) is 2. The van der Waals surface area contributed by atoms with E-state index in [2.05, 4.69) is 88.3 Å². The van der Waals surface area contributed by atoms with Crippen molar-refractivity contribution in [1.82, 2.24) is 74.5 Å². The number of piperazine rings is 1. The first-order valence-corrected chi connectivity index (χ1v) is 35.4. The predicted molar refractivity (Wildman–Crippen MR) is 396 cm³/mol. The molecule has 0 saturated carbocycles. The third kappa shape index (κ3) is 20.6. The van der Waals surface area contributed by atoms with Crippen LogP contribution in [0.25, 0.3) is 34.2 Å². The number of benzene rings is 4. The summed E-state index contributed by atoms with van der Waals surface area (Å²) in [5.41, 5.74) is 4.62. The lowest BCUT2D eigenvalue weighted by Crippen LogP contribution is -2.56. The maximum absolute atomic E-state index is 14.9. The van der Waals surface area contributed by atoms with Gasteiger partial charge in [0.15, 0.2) is 29.8 Å². The minimum absolute atomic E-state index is 0. The average Bonchev–Trinajstić information content (AvgIpc) is 1.80. The zero-order valence-electron chi connectivity index (χ0n) is 60.2. The Morgan fingerprint density at radius 2 is 1.12 bits per heavy atom. The second-order valence-electron chi connectivity index (χ2n) is 26.1. The maximum Gasteiger partial charge on any atom is 0.333 e. The first kappa shape index (κ1) is 81.6. The highest BCUT2D eigenvalue weighted by Crippen LogP contribution is 2.36. The Labute approximate surface area is 643 Å². The van der Waals surface area contributed by atoms with Gasteiger partial charge in [-0.25, -0.2) is 52.4 Å². The number of amides is 2. The van der Waals surface area contributed by atoms with E-state index in [0.717, 1.165) is 68.9 Å². The number of alkyl halides is 7. The number of hydrogen-bond donors (Lipinski definition) is 6. The number of anilines is 7. The molecule has 2 amide bonds. The number of aliphatic hydroxyl groups is 2. The number of aromatic nitrogens is 11. The summed E-state index contributed by atoms with van der Waals surface area (Å²) >= 11 is 0. The fraction of sp³-hybridized carbons (Fsp3) is 0.387. The molecule has 0 bridgehead atoms. The van der Waals surface area contributed by atoms with E-state index in [4.69, 9.17) is 28.8 Å². The molecule has 0 spiro atoms. The summed E-state index contributed by atoms with van der Waals surface area (Å²) in [5.74, 6) is 2.35. The van der Waals surface area contributed by atoms with Crippen molar-refractivity contribution in [3.8, 4) is 75.4 Å². The number of nitriles is 3. The fourth-order valence-corrected chi connectivity index (χ4v) is 12.7. The fourth-order valence-electron chi connectivity index (χ4n) is 12.7. The largest absolute Gasteiger partial charge is 0.495 e. The summed E-state index contributed by atoms with van der Waals surface area (Å²) in [4.78, 5) is 60.9. The number of ether oxygens (including phenoxy) is 5. The Bertz CT molecular complexity index is 4880. The number of halogens is 7. The number of carbonyl (C=O) groups excluding carboxylic acids is 2. The lowest BCUT2D eigenvalue weighted by atomic mass is 10.0. The van der Waals surface area contributed by atoms with Crippen molar-refractivity contribution >= 4 is 52.1 Å². The third-order valence-electron chi connectivity index (χ3n) is 18.6. The molecule has 7 atom stereocenters. The van der Waals surface area contributed by atoms with Crippen LogP contribution in [0.4, 0.5) is 71.1 Å². The highest BCUT2D eigenvalue weighted by Gasteiger charge is 2.37. The topological polar surface area (TPSA) is 379 Å². The first-order chi connectivity index (χ1) is 54.2. The summed E-state index contributed by atoms with van der Waals surface area (Å²) in [7, 11) is 1.67. The van der Waals surface area contributed by atoms with Gasteiger partial charge < -0.3 is 69.9 Å². The molecule has 0 unspecified atom stereocenters. The number of methoxy groups -OCH3 is 1. The number of hydrogen-bond acceptors (Lipinski definition) is 27. The average molecular weight is 1570 g/mol. The van der Waals surface area contributed by atoms with Crippen LogP contribution in [0.1, 0.15) is 63.4 Å². The van der Waals surface area contributed by atoms with Gasteiger partial charge in [0.25, 0.3) is 5.91 Å². The van der Waals surface area contributed by atoms with Crippen molar-refractivity contribution in [2.24, 2.45) is 0 Å². The van der Waals surface area contributed by atoms with Gasteiger partial charge in [-0.15, -0.1) is 0 Å². The van der Waals surface area contributed by atoms with E-state index in [1.54, 1.807) is 61.8 Å². The van der Waals surface area contributed by atoms with Gasteiger partial charge in [-0.05, 0) is 98.8 Å². The molecule has 0 radical (unpaired) electrons. The SMILES string of the molecule is C.COc1cc(Nc2ccnc(-c3ccc(O[C@H]4CCN(C(=O)[C@H](C)O)C[C@H]4F)c(C#N)c3)n2)ccc1N1CCN(C2COC2)CC1.N#Cc1cc(-c2nccc(Nc3cnn(C(F)F)c3)n2)ccc1O[C@H]1CCN(C(=O)CO)C[C@H]1F.N#Cc1cc(-c2ncnc(Nc3cnn(C(F)F)c3)n2)ccc1O[C@H]1CCNC[C@H]1F. The van der Waals surface area contributed by atoms with E-state index in [1.165, 1.54) is 59.8 Å². The monoisotopic (exact) mass is 1560 g/mol. The molecule has 5 aliphatic rings. The van der Waals surface area contributed by atoms with Crippen LogP contribution >= 0.6 is 0 Å². The van der Waals surface area contributed by atoms with Gasteiger partial charge in [0.2, 0.25) is 11.9 Å². The maximum atomic E-state index is 14.9. The molecule has 5 fully saturated rings. The van der Waals surface area contributed by atoms with Crippen LogP contribution in [0.15, 0.2) is 128 Å². The quantitative estimate of drug-likeness (QED) is 0.0344. The van der Waals surface area contributed by atoms with E-state index in [-0.39, 0.29) is 110 Å². The van der Waals surface area contributed by atoms with Crippen LogP contribution < -0.4 is 45.1 Å². The number of nitrogens with one attached hydrogen (secondary N) is 4. The smallest absolute Gasteiger partial charge is 0.333 e. The molecule has 0 aliphatic carbocycles. The van der Waals surface area contributed by atoms with Crippen LogP contribution in [0.3, 0.4) is 0 Å². The van der Waals surface area contributed by atoms with Gasteiger partial charge in [0, 0.05) is 99.5 Å². The molecule has 31 nitrogen and oxygen atoms in total. The van der Waals surface area contributed by atoms with Gasteiger partial charge in [0.1, 0.15) is 96.4 Å². The molecule has 5 aromatic heterocycles. The Hall–Kier alpha value is -12.4.